The summed E-state index contributed by atoms with van der Waals surface area (Å²) in [6.45, 7) is 9.29. The number of amides is 4. The number of nitrogens with one attached hydrogen (secondary N) is 3. The predicted octanol–water partition coefficient (Wildman–Crippen LogP) is 2.99. The van der Waals surface area contributed by atoms with Crippen molar-refractivity contribution in [3.05, 3.63) is 29.8 Å². The Balaban J connectivity index is 1.82. The Morgan fingerprint density at radius 2 is 1.81 bits per heavy atom. The molecule has 0 radical (unpaired) electrons. The number of hydrogen-bond donors (Lipinski definition) is 3. The highest BCUT2D eigenvalue weighted by atomic mass is 32.2. The minimum atomic E-state index is -0.901. The van der Waals surface area contributed by atoms with Crippen molar-refractivity contribution in [3.63, 3.8) is 0 Å². The van der Waals surface area contributed by atoms with E-state index in [0.29, 0.717) is 6.54 Å². The van der Waals surface area contributed by atoms with Crippen LogP contribution in [-0.4, -0.2) is 47.1 Å². The Morgan fingerprint density at radius 1 is 1.12 bits per heavy atom. The number of para-hydroxylation sites is 1. The molecular formula is C22H32N4O5S. The van der Waals surface area contributed by atoms with Crippen molar-refractivity contribution in [2.75, 3.05) is 17.2 Å². The van der Waals surface area contributed by atoms with Crippen molar-refractivity contribution < 1.29 is 23.9 Å². The summed E-state index contributed by atoms with van der Waals surface area (Å²) in [4.78, 5) is 50.9. The summed E-state index contributed by atoms with van der Waals surface area (Å²) in [5, 5.41) is 1.93. The Morgan fingerprint density at radius 3 is 2.47 bits per heavy atom. The van der Waals surface area contributed by atoms with Crippen LogP contribution in [0.5, 0.6) is 0 Å². The van der Waals surface area contributed by atoms with Crippen molar-refractivity contribution in [2.45, 2.75) is 59.1 Å². The van der Waals surface area contributed by atoms with Gasteiger partial charge in [-0.25, -0.2) is 4.79 Å². The van der Waals surface area contributed by atoms with Gasteiger partial charge in [-0.1, -0.05) is 43.8 Å². The summed E-state index contributed by atoms with van der Waals surface area (Å²) in [5.41, 5.74) is 5.87. The molecule has 0 fully saturated rings. The minimum absolute atomic E-state index is 0.0557. The van der Waals surface area contributed by atoms with Gasteiger partial charge in [0.05, 0.1) is 5.75 Å². The molecule has 1 aromatic carbocycles. The third-order valence-electron chi connectivity index (χ3n) is 4.65. The summed E-state index contributed by atoms with van der Waals surface area (Å²) in [5.74, 6) is -1.06. The predicted molar refractivity (Wildman–Crippen MR) is 124 cm³/mol. The average molecular weight is 465 g/mol. The molecule has 1 aliphatic heterocycles. The largest absolute Gasteiger partial charge is 0.444 e. The molecule has 4 amide bonds. The molecule has 0 aromatic heterocycles. The molecule has 0 saturated carbocycles. The monoisotopic (exact) mass is 464 g/mol. The molecule has 1 atom stereocenters. The van der Waals surface area contributed by atoms with Crippen molar-refractivity contribution in [1.82, 2.24) is 16.2 Å². The molecule has 0 bridgehead atoms. The molecule has 2 rings (SSSR count). The third-order valence-corrected chi connectivity index (χ3v) is 5.40. The van der Waals surface area contributed by atoms with Crippen molar-refractivity contribution in [2.24, 2.45) is 5.92 Å². The first-order chi connectivity index (χ1) is 15.0. The molecule has 0 spiro atoms. The van der Waals surface area contributed by atoms with Crippen LogP contribution in [0.4, 0.5) is 15.3 Å². The topological polar surface area (TPSA) is 117 Å². The number of anilines is 1. The number of rotatable bonds is 5. The average Bonchev–Trinajstić information content (AvgIpc) is 2.72. The van der Waals surface area contributed by atoms with Gasteiger partial charge in [-0.2, -0.15) is 0 Å². The Labute approximate surface area is 193 Å². The van der Waals surface area contributed by atoms with E-state index in [4.69, 9.17) is 4.74 Å². The van der Waals surface area contributed by atoms with Crippen LogP contribution >= 0.6 is 11.8 Å². The number of aryl methyl sites for hydroxylation is 1. The van der Waals surface area contributed by atoms with E-state index >= 15 is 0 Å². The number of carbonyl (C=O) groups excluding carboxylic acids is 4. The summed E-state index contributed by atoms with van der Waals surface area (Å²) in [7, 11) is 0. The molecule has 176 valence electrons. The highest BCUT2D eigenvalue weighted by Gasteiger charge is 2.27. The third kappa shape index (κ3) is 7.74. The number of hydrazine groups is 1. The van der Waals surface area contributed by atoms with Crippen molar-refractivity contribution in [1.29, 1.82) is 0 Å². The van der Waals surface area contributed by atoms with E-state index in [9.17, 15) is 19.2 Å². The van der Waals surface area contributed by atoms with E-state index in [-0.39, 0.29) is 17.6 Å². The molecule has 0 aliphatic carbocycles. The Hall–Kier alpha value is -2.75. The molecule has 0 unspecified atom stereocenters. The fourth-order valence-corrected chi connectivity index (χ4v) is 3.73. The van der Waals surface area contributed by atoms with E-state index in [1.54, 1.807) is 39.5 Å². The molecular weight excluding hydrogens is 432 g/mol. The molecule has 32 heavy (non-hydrogen) atoms. The van der Waals surface area contributed by atoms with Crippen LogP contribution in [0.15, 0.2) is 24.3 Å². The van der Waals surface area contributed by atoms with Crippen molar-refractivity contribution in [3.8, 4) is 0 Å². The van der Waals surface area contributed by atoms with E-state index in [1.807, 2.05) is 24.3 Å². The van der Waals surface area contributed by atoms with E-state index in [1.165, 1.54) is 0 Å². The zero-order valence-electron chi connectivity index (χ0n) is 19.2. The lowest BCUT2D eigenvalue weighted by Gasteiger charge is -2.29. The fraction of sp³-hybridized carbons (Fsp3) is 0.545. The second-order valence-electron chi connectivity index (χ2n) is 8.84. The second-order valence-corrected chi connectivity index (χ2v) is 9.78. The SMILES string of the molecule is CC(C)[C@H](NC(=O)OC(C)(C)C)C(=O)NNC(=O)SCC(=O)N1CCCc2ccccc21. The molecule has 1 aromatic rings. The van der Waals surface area contributed by atoms with Crippen LogP contribution in [0.3, 0.4) is 0 Å². The minimum Gasteiger partial charge on any atom is -0.444 e. The zero-order chi connectivity index (χ0) is 23.9. The zero-order valence-corrected chi connectivity index (χ0v) is 20.0. The molecule has 9 nitrogen and oxygen atoms in total. The number of alkyl carbamates (subject to hydrolysis) is 1. The van der Waals surface area contributed by atoms with Crippen LogP contribution in [0.25, 0.3) is 0 Å². The maximum Gasteiger partial charge on any atom is 0.408 e. The smallest absolute Gasteiger partial charge is 0.408 e. The second kappa shape index (κ2) is 11.2. The lowest BCUT2D eigenvalue weighted by atomic mass is 10.0. The van der Waals surface area contributed by atoms with Crippen LogP contribution in [0, 0.1) is 5.92 Å². The van der Waals surface area contributed by atoms with Gasteiger partial charge in [0.15, 0.2) is 0 Å². The maximum atomic E-state index is 12.6. The lowest BCUT2D eigenvalue weighted by molar-refractivity contribution is -0.124. The number of thioether (sulfide) groups is 1. The standard InChI is InChI=1S/C22H32N4O5S/c1-14(2)18(23-20(29)31-22(3,4)5)19(28)24-25-21(30)32-13-17(27)26-12-8-10-15-9-6-7-11-16(15)26/h6-7,9,11,14,18H,8,10,12-13H2,1-5H3,(H,23,29)(H,24,28)(H,25,30)/t18-/m0/s1. The summed E-state index contributed by atoms with van der Waals surface area (Å²) in [6, 6.07) is 6.83. The first kappa shape index (κ1) is 25.5. The normalized spacial score (nSPS) is 14.2. The van der Waals surface area contributed by atoms with Crippen LogP contribution in [-0.2, 0) is 20.7 Å². The van der Waals surface area contributed by atoms with E-state index < -0.39 is 28.9 Å². The quantitative estimate of drug-likeness (QED) is 0.577. The van der Waals surface area contributed by atoms with Crippen molar-refractivity contribution >= 4 is 40.6 Å². The van der Waals surface area contributed by atoms with Gasteiger partial charge in [0.25, 0.3) is 11.1 Å². The van der Waals surface area contributed by atoms with Gasteiger partial charge in [0.2, 0.25) is 5.91 Å². The number of fused-ring (bicyclic) bond motifs is 1. The molecule has 10 heteroatoms. The summed E-state index contributed by atoms with van der Waals surface area (Å²) < 4.78 is 5.18. The number of ether oxygens (including phenoxy) is 1. The van der Waals surface area contributed by atoms with Gasteiger partial charge in [-0.05, 0) is 51.2 Å². The van der Waals surface area contributed by atoms with Gasteiger partial charge in [0.1, 0.15) is 11.6 Å². The summed E-state index contributed by atoms with van der Waals surface area (Å²) in [6.07, 6.45) is 1.07. The Kier molecular flexibility index (Phi) is 8.94. The Bertz CT molecular complexity index is 853. The van der Waals surface area contributed by atoms with Crippen LogP contribution in [0.2, 0.25) is 0 Å². The highest BCUT2D eigenvalue weighted by Crippen LogP contribution is 2.27. The first-order valence-electron chi connectivity index (χ1n) is 10.6. The summed E-state index contributed by atoms with van der Waals surface area (Å²) >= 11 is 0.769. The number of carbonyl (C=O) groups is 4. The van der Waals surface area contributed by atoms with Gasteiger partial charge in [0, 0.05) is 12.2 Å². The van der Waals surface area contributed by atoms with Gasteiger partial charge < -0.3 is 15.0 Å². The lowest BCUT2D eigenvalue weighted by Crippen LogP contribution is -2.54. The molecule has 0 saturated heterocycles. The molecule has 1 heterocycles. The van der Waals surface area contributed by atoms with E-state index in [2.05, 4.69) is 16.2 Å². The highest BCUT2D eigenvalue weighted by molar-refractivity contribution is 8.14. The number of hydrogen-bond acceptors (Lipinski definition) is 6. The maximum absolute atomic E-state index is 12.6. The van der Waals surface area contributed by atoms with Gasteiger partial charge in [-0.3, -0.25) is 25.2 Å². The van der Waals surface area contributed by atoms with Crippen LogP contribution in [0.1, 0.15) is 46.6 Å². The van der Waals surface area contributed by atoms with E-state index in [0.717, 1.165) is 35.9 Å². The fourth-order valence-electron chi connectivity index (χ4n) is 3.19. The molecule has 1 aliphatic rings. The van der Waals surface area contributed by atoms with Gasteiger partial charge >= 0.3 is 6.09 Å². The van der Waals surface area contributed by atoms with Crippen LogP contribution < -0.4 is 21.1 Å². The number of benzene rings is 1. The van der Waals surface area contributed by atoms with Gasteiger partial charge in [-0.15, -0.1) is 0 Å². The number of nitrogens with zero attached hydrogens (tertiary/aromatic N) is 1. The first-order valence-corrected chi connectivity index (χ1v) is 11.6. The molecule has 3 N–H and O–H groups in total.